The fourth-order valence-electron chi connectivity index (χ4n) is 1.23. The minimum absolute atomic E-state index is 0.293. The van der Waals surface area contributed by atoms with Crippen molar-refractivity contribution in [3.8, 4) is 0 Å². The first kappa shape index (κ1) is 10.7. The number of aliphatic hydroxyl groups is 1. The van der Waals surface area contributed by atoms with Crippen molar-refractivity contribution < 1.29 is 5.11 Å². The highest BCUT2D eigenvalue weighted by atomic mass is 32.1. The second-order valence-corrected chi connectivity index (χ2v) is 5.02. The molecule has 0 fully saturated rings. The summed E-state index contributed by atoms with van der Waals surface area (Å²) in [6.07, 6.45) is -0.293. The summed E-state index contributed by atoms with van der Waals surface area (Å²) in [5.74, 6) is 0.857. The van der Waals surface area contributed by atoms with Crippen LogP contribution >= 0.6 is 11.3 Å². The van der Waals surface area contributed by atoms with E-state index in [1.54, 1.807) is 11.3 Å². The highest BCUT2D eigenvalue weighted by Crippen LogP contribution is 2.31. The van der Waals surface area contributed by atoms with Crippen LogP contribution in [-0.2, 0) is 0 Å². The second kappa shape index (κ2) is 4.25. The molecule has 0 radical (unpaired) electrons. The summed E-state index contributed by atoms with van der Waals surface area (Å²) in [5, 5.41) is 12.1. The van der Waals surface area contributed by atoms with Crippen LogP contribution in [0.25, 0.3) is 0 Å². The molecule has 0 bridgehead atoms. The van der Waals surface area contributed by atoms with E-state index < -0.39 is 0 Å². The van der Waals surface area contributed by atoms with Crippen LogP contribution in [0.2, 0.25) is 0 Å². The van der Waals surface area contributed by atoms with Gasteiger partial charge in [-0.3, -0.25) is 0 Å². The first-order valence-electron chi connectivity index (χ1n) is 4.75. The summed E-state index contributed by atoms with van der Waals surface area (Å²) >= 11 is 1.65. The molecule has 1 rings (SSSR count). The summed E-state index contributed by atoms with van der Waals surface area (Å²) in [6.45, 7) is 8.46. The lowest BCUT2D eigenvalue weighted by atomic mass is 9.91. The maximum Gasteiger partial charge on any atom is 0.0909 e. The molecule has 0 amide bonds. The summed E-state index contributed by atoms with van der Waals surface area (Å²) < 4.78 is 0. The van der Waals surface area contributed by atoms with Crippen LogP contribution in [0.1, 0.15) is 37.3 Å². The number of hydrogen-bond acceptors (Lipinski definition) is 2. The summed E-state index contributed by atoms with van der Waals surface area (Å²) in [7, 11) is 0. The Kier molecular flexibility index (Phi) is 3.51. The lowest BCUT2D eigenvalue weighted by Gasteiger charge is -2.20. The van der Waals surface area contributed by atoms with Crippen LogP contribution in [0.5, 0.6) is 0 Å². The lowest BCUT2D eigenvalue weighted by molar-refractivity contribution is 0.0953. The predicted molar refractivity (Wildman–Crippen MR) is 58.0 cm³/mol. The van der Waals surface area contributed by atoms with Gasteiger partial charge in [0.1, 0.15) is 0 Å². The van der Waals surface area contributed by atoms with Crippen LogP contribution in [0.15, 0.2) is 11.4 Å². The zero-order valence-corrected chi connectivity index (χ0v) is 9.56. The number of aryl methyl sites for hydroxylation is 1. The number of thiophene rings is 1. The van der Waals surface area contributed by atoms with Gasteiger partial charge in [0.05, 0.1) is 6.10 Å². The van der Waals surface area contributed by atoms with Crippen LogP contribution < -0.4 is 0 Å². The molecule has 0 saturated heterocycles. The number of hydrogen-bond donors (Lipinski definition) is 1. The zero-order chi connectivity index (χ0) is 10.0. The van der Waals surface area contributed by atoms with E-state index in [2.05, 4.69) is 39.1 Å². The maximum atomic E-state index is 9.98. The van der Waals surface area contributed by atoms with Crippen molar-refractivity contribution in [1.82, 2.24) is 0 Å². The third-order valence-electron chi connectivity index (χ3n) is 2.59. The Morgan fingerprint density at radius 2 is 1.92 bits per heavy atom. The Balaban J connectivity index is 2.73. The fourth-order valence-corrected chi connectivity index (χ4v) is 2.23. The van der Waals surface area contributed by atoms with Crippen molar-refractivity contribution in [2.24, 2.45) is 11.8 Å². The lowest BCUT2D eigenvalue weighted by Crippen LogP contribution is -2.13. The first-order valence-corrected chi connectivity index (χ1v) is 5.63. The van der Waals surface area contributed by atoms with Gasteiger partial charge in [0.15, 0.2) is 0 Å². The molecule has 74 valence electrons. The summed E-state index contributed by atoms with van der Waals surface area (Å²) in [5.41, 5.74) is 1.25. The minimum atomic E-state index is -0.293. The molecule has 1 aromatic heterocycles. The van der Waals surface area contributed by atoms with Gasteiger partial charge >= 0.3 is 0 Å². The number of rotatable bonds is 3. The van der Waals surface area contributed by atoms with Crippen molar-refractivity contribution in [2.45, 2.75) is 33.8 Å². The number of aliphatic hydroxyl groups excluding tert-OH is 1. The smallest absolute Gasteiger partial charge is 0.0909 e. The van der Waals surface area contributed by atoms with Crippen molar-refractivity contribution in [3.05, 3.63) is 21.9 Å². The second-order valence-electron chi connectivity index (χ2n) is 4.07. The normalized spacial score (nSPS) is 16.2. The van der Waals surface area contributed by atoms with Crippen molar-refractivity contribution in [3.63, 3.8) is 0 Å². The van der Waals surface area contributed by atoms with Crippen LogP contribution in [0.3, 0.4) is 0 Å². The molecule has 0 spiro atoms. The van der Waals surface area contributed by atoms with E-state index >= 15 is 0 Å². The SMILES string of the molecule is Cc1csc(C(O)C(C)C(C)C)c1. The molecule has 0 saturated carbocycles. The molecule has 1 aromatic rings. The minimum Gasteiger partial charge on any atom is -0.387 e. The van der Waals surface area contributed by atoms with Gasteiger partial charge in [-0.25, -0.2) is 0 Å². The van der Waals surface area contributed by atoms with E-state index in [1.807, 2.05) is 0 Å². The largest absolute Gasteiger partial charge is 0.387 e. The summed E-state index contributed by atoms with van der Waals surface area (Å²) in [6, 6.07) is 2.08. The molecule has 2 unspecified atom stereocenters. The van der Waals surface area contributed by atoms with Crippen LogP contribution in [0, 0.1) is 18.8 Å². The monoisotopic (exact) mass is 198 g/mol. The van der Waals surface area contributed by atoms with E-state index in [1.165, 1.54) is 5.56 Å². The fraction of sp³-hybridized carbons (Fsp3) is 0.636. The van der Waals surface area contributed by atoms with Crippen LogP contribution in [0.4, 0.5) is 0 Å². The van der Waals surface area contributed by atoms with E-state index in [0.29, 0.717) is 11.8 Å². The van der Waals surface area contributed by atoms with E-state index in [0.717, 1.165) is 4.88 Å². The molecule has 0 aromatic carbocycles. The summed E-state index contributed by atoms with van der Waals surface area (Å²) in [4.78, 5) is 1.10. The van der Waals surface area contributed by atoms with Gasteiger partial charge < -0.3 is 5.11 Å². The average molecular weight is 198 g/mol. The Morgan fingerprint density at radius 3 is 2.31 bits per heavy atom. The Bertz CT molecular complexity index is 265. The molecule has 0 aliphatic rings. The Morgan fingerprint density at radius 1 is 1.31 bits per heavy atom. The van der Waals surface area contributed by atoms with Gasteiger partial charge in [0, 0.05) is 4.88 Å². The zero-order valence-electron chi connectivity index (χ0n) is 8.74. The molecule has 1 heterocycles. The van der Waals surface area contributed by atoms with E-state index in [9.17, 15) is 5.11 Å². The van der Waals surface area contributed by atoms with Gasteiger partial charge in [-0.1, -0.05) is 20.8 Å². The van der Waals surface area contributed by atoms with Gasteiger partial charge in [-0.05, 0) is 35.8 Å². The standard InChI is InChI=1S/C11H18OS/c1-7(2)9(4)11(12)10-5-8(3)6-13-10/h5-7,9,11-12H,1-4H3. The highest BCUT2D eigenvalue weighted by Gasteiger charge is 2.20. The quantitative estimate of drug-likeness (QED) is 0.789. The third kappa shape index (κ3) is 2.55. The molecular weight excluding hydrogens is 180 g/mol. The maximum absolute atomic E-state index is 9.98. The molecule has 0 aliphatic carbocycles. The van der Waals surface area contributed by atoms with Crippen molar-refractivity contribution in [2.75, 3.05) is 0 Å². The van der Waals surface area contributed by atoms with Crippen molar-refractivity contribution >= 4 is 11.3 Å². The van der Waals surface area contributed by atoms with Gasteiger partial charge in [-0.2, -0.15) is 0 Å². The topological polar surface area (TPSA) is 20.2 Å². The highest BCUT2D eigenvalue weighted by molar-refractivity contribution is 7.10. The molecular formula is C11H18OS. The molecule has 2 atom stereocenters. The molecule has 13 heavy (non-hydrogen) atoms. The Hall–Kier alpha value is -0.340. The Labute approximate surface area is 84.4 Å². The molecule has 1 nitrogen and oxygen atoms in total. The first-order chi connectivity index (χ1) is 6.02. The molecule has 0 aliphatic heterocycles. The van der Waals surface area contributed by atoms with E-state index in [-0.39, 0.29) is 6.10 Å². The average Bonchev–Trinajstić information content (AvgIpc) is 2.49. The third-order valence-corrected chi connectivity index (χ3v) is 3.71. The molecule has 2 heteroatoms. The van der Waals surface area contributed by atoms with Crippen LogP contribution in [-0.4, -0.2) is 5.11 Å². The van der Waals surface area contributed by atoms with Crippen molar-refractivity contribution in [1.29, 1.82) is 0 Å². The predicted octanol–water partition coefficient (Wildman–Crippen LogP) is 3.38. The van der Waals surface area contributed by atoms with E-state index in [4.69, 9.17) is 0 Å². The molecule has 1 N–H and O–H groups in total. The van der Waals surface area contributed by atoms with Gasteiger partial charge in [0.25, 0.3) is 0 Å². The van der Waals surface area contributed by atoms with Gasteiger partial charge in [0.2, 0.25) is 0 Å². The van der Waals surface area contributed by atoms with Gasteiger partial charge in [-0.15, -0.1) is 11.3 Å².